The molecule has 2 atom stereocenters. The first kappa shape index (κ1) is 37.0. The molecule has 0 aromatic heterocycles. The van der Waals surface area contributed by atoms with Crippen LogP contribution < -0.4 is 0 Å². The molecule has 1 aliphatic rings. The second kappa shape index (κ2) is 28.1. The smallest absolute Gasteiger partial charge is 0.309 e. The number of hydrogen-bond donors (Lipinski definition) is 0. The molecule has 1 rings (SSSR count). The maximum atomic E-state index is 12.8. The van der Waals surface area contributed by atoms with Gasteiger partial charge in [-0.05, 0) is 25.7 Å². The van der Waals surface area contributed by atoms with E-state index in [9.17, 15) is 9.59 Å². The number of ether oxygens (including phenoxy) is 2. The maximum absolute atomic E-state index is 12.8. The normalized spacial score (nSPS) is 17.1. The molecule has 0 radical (unpaired) electrons. The molecule has 4 nitrogen and oxygen atoms in total. The molecule has 236 valence electrons. The number of carbonyl (C=O) groups is 2. The quantitative estimate of drug-likeness (QED) is 0.0700. The molecule has 0 spiro atoms. The SMILES string of the molecule is CCCCCCCCCCCCCCCCCCOC(=O)C1CCCCC1C(=O)OCCCCCCCCCC. The van der Waals surface area contributed by atoms with Gasteiger partial charge in [-0.1, -0.05) is 168 Å². The standard InChI is InChI=1S/C36H68O4/c1-3-5-7-9-11-13-14-15-16-17-18-19-20-22-24-28-32-40-36(38)34-30-26-25-29-33(34)35(37)39-31-27-23-21-12-10-8-6-4-2/h33-34H,3-32H2,1-2H3. The fourth-order valence-corrected chi connectivity index (χ4v) is 6.14. The van der Waals surface area contributed by atoms with Gasteiger partial charge < -0.3 is 9.47 Å². The molecule has 4 heteroatoms. The van der Waals surface area contributed by atoms with Crippen LogP contribution >= 0.6 is 0 Å². The van der Waals surface area contributed by atoms with Crippen LogP contribution in [0, 0.1) is 11.8 Å². The molecule has 0 bridgehead atoms. The second-order valence-corrected chi connectivity index (χ2v) is 12.6. The first-order valence-electron chi connectivity index (χ1n) is 18.0. The van der Waals surface area contributed by atoms with E-state index in [2.05, 4.69) is 13.8 Å². The van der Waals surface area contributed by atoms with E-state index < -0.39 is 0 Å². The number of hydrogen-bond acceptors (Lipinski definition) is 4. The zero-order valence-electron chi connectivity index (χ0n) is 27.0. The third-order valence-corrected chi connectivity index (χ3v) is 8.86. The highest BCUT2D eigenvalue weighted by molar-refractivity contribution is 5.82. The third kappa shape index (κ3) is 20.8. The lowest BCUT2D eigenvalue weighted by Gasteiger charge is -2.28. The Bertz CT molecular complexity index is 575. The number of esters is 2. The van der Waals surface area contributed by atoms with Crippen molar-refractivity contribution >= 4 is 11.9 Å². The summed E-state index contributed by atoms with van der Waals surface area (Å²) in [6, 6.07) is 0. The highest BCUT2D eigenvalue weighted by Gasteiger charge is 2.37. The van der Waals surface area contributed by atoms with Crippen molar-refractivity contribution in [1.29, 1.82) is 0 Å². The average Bonchev–Trinajstić information content (AvgIpc) is 2.97. The van der Waals surface area contributed by atoms with Gasteiger partial charge in [-0.15, -0.1) is 0 Å². The van der Waals surface area contributed by atoms with Gasteiger partial charge in [0.05, 0.1) is 25.0 Å². The zero-order chi connectivity index (χ0) is 28.9. The maximum Gasteiger partial charge on any atom is 0.309 e. The van der Waals surface area contributed by atoms with Crippen LogP contribution in [0.1, 0.15) is 194 Å². The van der Waals surface area contributed by atoms with Gasteiger partial charge in [-0.3, -0.25) is 9.59 Å². The minimum Gasteiger partial charge on any atom is -0.465 e. The molecule has 0 aromatic rings. The van der Waals surface area contributed by atoms with Crippen molar-refractivity contribution in [3.8, 4) is 0 Å². The molecule has 1 saturated carbocycles. The fourth-order valence-electron chi connectivity index (χ4n) is 6.14. The van der Waals surface area contributed by atoms with Crippen molar-refractivity contribution in [3.05, 3.63) is 0 Å². The Hall–Kier alpha value is -1.06. The van der Waals surface area contributed by atoms with Gasteiger partial charge in [0.2, 0.25) is 0 Å². The van der Waals surface area contributed by atoms with Gasteiger partial charge in [-0.2, -0.15) is 0 Å². The lowest BCUT2D eigenvalue weighted by atomic mass is 9.79. The molecule has 0 amide bonds. The second-order valence-electron chi connectivity index (χ2n) is 12.6. The Morgan fingerprint density at radius 3 is 0.950 bits per heavy atom. The van der Waals surface area contributed by atoms with E-state index in [1.807, 2.05) is 0 Å². The van der Waals surface area contributed by atoms with Crippen LogP contribution in [-0.2, 0) is 19.1 Å². The molecule has 0 N–H and O–H groups in total. The monoisotopic (exact) mass is 565 g/mol. The summed E-state index contributed by atoms with van der Waals surface area (Å²) in [6.07, 6.45) is 34.7. The predicted molar refractivity (Wildman–Crippen MR) is 170 cm³/mol. The minimum atomic E-state index is -0.305. The van der Waals surface area contributed by atoms with Gasteiger partial charge in [0.25, 0.3) is 0 Å². The molecule has 0 heterocycles. The molecule has 0 saturated heterocycles. The predicted octanol–water partition coefficient (Wildman–Crippen LogP) is 11.3. The van der Waals surface area contributed by atoms with E-state index in [1.54, 1.807) is 0 Å². The topological polar surface area (TPSA) is 52.6 Å². The van der Waals surface area contributed by atoms with Crippen molar-refractivity contribution in [3.63, 3.8) is 0 Å². The lowest BCUT2D eigenvalue weighted by Crippen LogP contribution is -2.35. The Labute approximate surface area is 249 Å². The molecule has 40 heavy (non-hydrogen) atoms. The van der Waals surface area contributed by atoms with Crippen LogP contribution in [0.15, 0.2) is 0 Å². The molecule has 1 aliphatic carbocycles. The van der Waals surface area contributed by atoms with Gasteiger partial charge in [0.1, 0.15) is 0 Å². The van der Waals surface area contributed by atoms with Crippen LogP contribution in [0.3, 0.4) is 0 Å². The Balaban J connectivity index is 1.99. The van der Waals surface area contributed by atoms with Crippen LogP contribution in [0.4, 0.5) is 0 Å². The Kier molecular flexibility index (Phi) is 25.9. The van der Waals surface area contributed by atoms with E-state index in [-0.39, 0.29) is 23.8 Å². The number of unbranched alkanes of at least 4 members (excludes halogenated alkanes) is 22. The van der Waals surface area contributed by atoms with Crippen LogP contribution in [0.25, 0.3) is 0 Å². The highest BCUT2D eigenvalue weighted by atomic mass is 16.5. The van der Waals surface area contributed by atoms with Crippen LogP contribution in [0.5, 0.6) is 0 Å². The average molecular weight is 565 g/mol. The van der Waals surface area contributed by atoms with E-state index in [4.69, 9.17) is 9.47 Å². The number of rotatable bonds is 28. The highest BCUT2D eigenvalue weighted by Crippen LogP contribution is 2.32. The van der Waals surface area contributed by atoms with E-state index in [0.717, 1.165) is 51.4 Å². The molecular weight excluding hydrogens is 496 g/mol. The summed E-state index contributed by atoms with van der Waals surface area (Å²) in [7, 11) is 0. The van der Waals surface area contributed by atoms with Crippen LogP contribution in [0.2, 0.25) is 0 Å². The van der Waals surface area contributed by atoms with Gasteiger partial charge in [0, 0.05) is 0 Å². The van der Waals surface area contributed by atoms with Crippen LogP contribution in [-0.4, -0.2) is 25.2 Å². The molecule has 2 unspecified atom stereocenters. The van der Waals surface area contributed by atoms with Crippen molar-refractivity contribution in [2.75, 3.05) is 13.2 Å². The van der Waals surface area contributed by atoms with Crippen molar-refractivity contribution < 1.29 is 19.1 Å². The molecule has 1 fully saturated rings. The largest absolute Gasteiger partial charge is 0.465 e. The summed E-state index contributed by atoms with van der Waals surface area (Å²) in [6.45, 7) is 5.51. The first-order valence-corrected chi connectivity index (χ1v) is 18.0. The third-order valence-electron chi connectivity index (χ3n) is 8.86. The van der Waals surface area contributed by atoms with E-state index in [0.29, 0.717) is 13.2 Å². The zero-order valence-corrected chi connectivity index (χ0v) is 27.0. The van der Waals surface area contributed by atoms with Gasteiger partial charge in [0.15, 0.2) is 0 Å². The number of carbonyl (C=O) groups excluding carboxylic acids is 2. The molecule has 0 aliphatic heterocycles. The summed E-state index contributed by atoms with van der Waals surface area (Å²) in [5.41, 5.74) is 0. The molecular formula is C36H68O4. The van der Waals surface area contributed by atoms with E-state index in [1.165, 1.54) is 128 Å². The lowest BCUT2D eigenvalue weighted by molar-refractivity contribution is -0.163. The summed E-state index contributed by atoms with van der Waals surface area (Å²) in [5.74, 6) is -0.955. The van der Waals surface area contributed by atoms with Crippen molar-refractivity contribution in [2.24, 2.45) is 11.8 Å². The Morgan fingerprint density at radius 2 is 0.675 bits per heavy atom. The van der Waals surface area contributed by atoms with Crippen molar-refractivity contribution in [2.45, 2.75) is 194 Å². The van der Waals surface area contributed by atoms with E-state index >= 15 is 0 Å². The van der Waals surface area contributed by atoms with Gasteiger partial charge >= 0.3 is 11.9 Å². The fraction of sp³-hybridized carbons (Fsp3) is 0.944. The summed E-state index contributed by atoms with van der Waals surface area (Å²) >= 11 is 0. The first-order chi connectivity index (χ1) is 19.7. The van der Waals surface area contributed by atoms with Gasteiger partial charge in [-0.25, -0.2) is 0 Å². The summed E-state index contributed by atoms with van der Waals surface area (Å²) in [4.78, 5) is 25.5. The summed E-state index contributed by atoms with van der Waals surface area (Å²) < 4.78 is 11.2. The summed E-state index contributed by atoms with van der Waals surface area (Å²) in [5, 5.41) is 0. The van der Waals surface area contributed by atoms with Crippen molar-refractivity contribution in [1.82, 2.24) is 0 Å². The Morgan fingerprint density at radius 1 is 0.425 bits per heavy atom. The minimum absolute atomic E-state index is 0.172. The molecule has 0 aromatic carbocycles.